The van der Waals surface area contributed by atoms with E-state index in [1.54, 1.807) is 13.1 Å². The van der Waals surface area contributed by atoms with Gasteiger partial charge >= 0.3 is 0 Å². The summed E-state index contributed by atoms with van der Waals surface area (Å²) in [5, 5.41) is 7.57. The summed E-state index contributed by atoms with van der Waals surface area (Å²) in [6.45, 7) is 4.05. The molecule has 0 aliphatic carbocycles. The lowest BCUT2D eigenvalue weighted by Gasteiger charge is -1.88. The van der Waals surface area contributed by atoms with E-state index in [0.717, 1.165) is 6.42 Å². The molecule has 0 atom stereocenters. The van der Waals surface area contributed by atoms with E-state index in [9.17, 15) is 0 Å². The molecule has 0 amide bonds. The highest BCUT2D eigenvalue weighted by atomic mass is 16.2. The minimum absolute atomic E-state index is 0.250. The predicted molar refractivity (Wildman–Crippen MR) is 46.4 cm³/mol. The largest absolute Gasteiger partial charge is 0.397 e. The standard InChI is InChI=1S/C7H9N.C2H6O/c1-2-7-4-3-5-8-6-7;1-2-3/h3-6H,2H2,1H3;3H,2H2,1H3. The third-order valence-corrected chi connectivity index (χ3v) is 1.13. The van der Waals surface area contributed by atoms with E-state index >= 15 is 0 Å². The van der Waals surface area contributed by atoms with Crippen LogP contribution in [0.3, 0.4) is 0 Å². The Labute approximate surface area is 67.9 Å². The quantitative estimate of drug-likeness (QED) is 0.665. The molecule has 0 aromatic carbocycles. The SMILES string of the molecule is CCO.CCc1cccnc1. The average molecular weight is 153 g/mol. The van der Waals surface area contributed by atoms with E-state index in [1.807, 2.05) is 12.3 Å². The first-order valence-electron chi connectivity index (χ1n) is 3.84. The Kier molecular flexibility index (Phi) is 6.64. The van der Waals surface area contributed by atoms with Gasteiger partial charge in [-0.2, -0.15) is 0 Å². The minimum Gasteiger partial charge on any atom is -0.397 e. The lowest BCUT2D eigenvalue weighted by Crippen LogP contribution is -1.77. The highest BCUT2D eigenvalue weighted by molar-refractivity contribution is 5.07. The van der Waals surface area contributed by atoms with Crippen LogP contribution in [0, 0.1) is 0 Å². The summed E-state index contributed by atoms with van der Waals surface area (Å²) in [4.78, 5) is 3.96. The van der Waals surface area contributed by atoms with Crippen molar-refractivity contribution in [3.05, 3.63) is 30.1 Å². The summed E-state index contributed by atoms with van der Waals surface area (Å²) in [7, 11) is 0. The Morgan fingerprint density at radius 2 is 2.09 bits per heavy atom. The lowest BCUT2D eigenvalue weighted by molar-refractivity contribution is 0.318. The number of pyridine rings is 1. The summed E-state index contributed by atoms with van der Waals surface area (Å²) in [6.07, 6.45) is 4.76. The van der Waals surface area contributed by atoms with Crippen molar-refractivity contribution in [1.29, 1.82) is 0 Å². The molecule has 0 spiro atoms. The van der Waals surface area contributed by atoms with Gasteiger partial charge in [-0.25, -0.2) is 0 Å². The van der Waals surface area contributed by atoms with E-state index in [0.29, 0.717) is 0 Å². The fourth-order valence-corrected chi connectivity index (χ4v) is 0.607. The molecule has 2 heteroatoms. The smallest absolute Gasteiger partial charge is 0.0402 e. The Morgan fingerprint density at radius 1 is 1.45 bits per heavy atom. The third-order valence-electron chi connectivity index (χ3n) is 1.13. The van der Waals surface area contributed by atoms with Crippen molar-refractivity contribution in [3.63, 3.8) is 0 Å². The molecule has 11 heavy (non-hydrogen) atoms. The van der Waals surface area contributed by atoms with E-state index < -0.39 is 0 Å². The van der Waals surface area contributed by atoms with Crippen LogP contribution < -0.4 is 0 Å². The van der Waals surface area contributed by atoms with Gasteiger partial charge in [-0.05, 0) is 25.0 Å². The molecule has 0 saturated carbocycles. The molecule has 0 aliphatic heterocycles. The van der Waals surface area contributed by atoms with Crippen LogP contribution in [-0.2, 0) is 6.42 Å². The maximum Gasteiger partial charge on any atom is 0.0402 e. The van der Waals surface area contributed by atoms with Crippen molar-refractivity contribution in [2.75, 3.05) is 6.61 Å². The second-order valence-electron chi connectivity index (χ2n) is 2.03. The van der Waals surface area contributed by atoms with Gasteiger partial charge in [0.25, 0.3) is 0 Å². The first-order chi connectivity index (χ1) is 5.35. The van der Waals surface area contributed by atoms with E-state index in [2.05, 4.69) is 18.0 Å². The molecule has 0 bridgehead atoms. The minimum atomic E-state index is 0.250. The van der Waals surface area contributed by atoms with Crippen molar-refractivity contribution in [3.8, 4) is 0 Å². The van der Waals surface area contributed by atoms with Crippen molar-refractivity contribution in [2.45, 2.75) is 20.3 Å². The van der Waals surface area contributed by atoms with Gasteiger partial charge in [0.15, 0.2) is 0 Å². The summed E-state index contributed by atoms with van der Waals surface area (Å²) in [5.74, 6) is 0. The van der Waals surface area contributed by atoms with Crippen molar-refractivity contribution < 1.29 is 5.11 Å². The number of aromatic nitrogens is 1. The van der Waals surface area contributed by atoms with Gasteiger partial charge in [0.1, 0.15) is 0 Å². The average Bonchev–Trinajstić information content (AvgIpc) is 2.08. The molecular formula is C9H15NO. The zero-order valence-corrected chi connectivity index (χ0v) is 7.12. The highest BCUT2D eigenvalue weighted by Crippen LogP contribution is 1.93. The number of rotatable bonds is 1. The summed E-state index contributed by atoms with van der Waals surface area (Å²) in [6, 6.07) is 4.03. The number of hydrogen-bond donors (Lipinski definition) is 1. The Bertz CT molecular complexity index is 162. The Morgan fingerprint density at radius 3 is 2.36 bits per heavy atom. The van der Waals surface area contributed by atoms with Crippen molar-refractivity contribution in [1.82, 2.24) is 4.98 Å². The second kappa shape index (κ2) is 7.22. The number of nitrogens with zero attached hydrogens (tertiary/aromatic N) is 1. The fourth-order valence-electron chi connectivity index (χ4n) is 0.607. The second-order valence-corrected chi connectivity index (χ2v) is 2.03. The molecule has 1 heterocycles. The molecule has 0 unspecified atom stereocenters. The third kappa shape index (κ3) is 5.55. The molecular weight excluding hydrogens is 138 g/mol. The molecule has 1 aromatic heterocycles. The maximum absolute atomic E-state index is 7.57. The van der Waals surface area contributed by atoms with Gasteiger partial charge in [-0.15, -0.1) is 0 Å². The first kappa shape index (κ1) is 10.1. The van der Waals surface area contributed by atoms with Gasteiger partial charge in [0.05, 0.1) is 0 Å². The van der Waals surface area contributed by atoms with Crippen LogP contribution in [0.25, 0.3) is 0 Å². The summed E-state index contributed by atoms with van der Waals surface area (Å²) in [5.41, 5.74) is 1.30. The Hall–Kier alpha value is -0.890. The van der Waals surface area contributed by atoms with Crippen LogP contribution in [0.1, 0.15) is 19.4 Å². The molecule has 1 rings (SSSR count). The van der Waals surface area contributed by atoms with Gasteiger partial charge in [-0.3, -0.25) is 4.98 Å². The van der Waals surface area contributed by atoms with Crippen LogP contribution in [0.5, 0.6) is 0 Å². The van der Waals surface area contributed by atoms with E-state index in [1.165, 1.54) is 5.56 Å². The molecule has 0 aliphatic rings. The number of aliphatic hydroxyl groups excluding tert-OH is 1. The monoisotopic (exact) mass is 153 g/mol. The molecule has 0 radical (unpaired) electrons. The number of hydrogen-bond acceptors (Lipinski definition) is 2. The summed E-state index contributed by atoms with van der Waals surface area (Å²) >= 11 is 0. The predicted octanol–water partition coefficient (Wildman–Crippen LogP) is 1.64. The molecule has 0 fully saturated rings. The van der Waals surface area contributed by atoms with Crippen molar-refractivity contribution in [2.24, 2.45) is 0 Å². The molecule has 1 N–H and O–H groups in total. The molecule has 62 valence electrons. The van der Waals surface area contributed by atoms with E-state index in [-0.39, 0.29) is 6.61 Å². The number of aliphatic hydroxyl groups is 1. The van der Waals surface area contributed by atoms with Gasteiger partial charge in [0.2, 0.25) is 0 Å². The zero-order valence-electron chi connectivity index (χ0n) is 7.12. The Balaban J connectivity index is 0.000000292. The molecule has 0 saturated heterocycles. The highest BCUT2D eigenvalue weighted by Gasteiger charge is 1.81. The van der Waals surface area contributed by atoms with Gasteiger partial charge < -0.3 is 5.11 Å². The first-order valence-corrected chi connectivity index (χ1v) is 3.84. The lowest BCUT2D eigenvalue weighted by atomic mass is 10.2. The van der Waals surface area contributed by atoms with E-state index in [4.69, 9.17) is 5.11 Å². The fraction of sp³-hybridized carbons (Fsp3) is 0.444. The normalized spacial score (nSPS) is 8.27. The van der Waals surface area contributed by atoms with Crippen LogP contribution in [0.2, 0.25) is 0 Å². The number of aryl methyl sites for hydroxylation is 1. The molecule has 2 nitrogen and oxygen atoms in total. The van der Waals surface area contributed by atoms with Crippen LogP contribution in [0.15, 0.2) is 24.5 Å². The van der Waals surface area contributed by atoms with Gasteiger partial charge in [0, 0.05) is 19.0 Å². The van der Waals surface area contributed by atoms with Crippen LogP contribution >= 0.6 is 0 Å². The van der Waals surface area contributed by atoms with Crippen LogP contribution in [-0.4, -0.2) is 16.7 Å². The van der Waals surface area contributed by atoms with Crippen molar-refractivity contribution >= 4 is 0 Å². The molecule has 1 aromatic rings. The van der Waals surface area contributed by atoms with Gasteiger partial charge in [-0.1, -0.05) is 13.0 Å². The summed E-state index contributed by atoms with van der Waals surface area (Å²) < 4.78 is 0. The topological polar surface area (TPSA) is 33.1 Å². The zero-order chi connectivity index (χ0) is 8.53. The maximum atomic E-state index is 7.57. The van der Waals surface area contributed by atoms with Crippen LogP contribution in [0.4, 0.5) is 0 Å².